The van der Waals surface area contributed by atoms with Gasteiger partial charge >= 0.3 is 0 Å². The lowest BCUT2D eigenvalue weighted by Gasteiger charge is -2.05. The van der Waals surface area contributed by atoms with E-state index in [9.17, 15) is 4.79 Å². The standard InChI is InChI=1S/C11H10N2O2/c1-8-11(6-12-13-8)15-10-5-3-2-4-9(10)7-14/h2-7H,1H3,(H,12,13). The lowest BCUT2D eigenvalue weighted by Crippen LogP contribution is -1.90. The molecule has 2 rings (SSSR count). The van der Waals surface area contributed by atoms with Gasteiger partial charge in [0.05, 0.1) is 17.5 Å². The Kier molecular flexibility index (Phi) is 2.49. The highest BCUT2D eigenvalue weighted by Gasteiger charge is 2.06. The van der Waals surface area contributed by atoms with E-state index in [4.69, 9.17) is 4.74 Å². The number of benzene rings is 1. The summed E-state index contributed by atoms with van der Waals surface area (Å²) in [5, 5.41) is 6.60. The molecule has 0 spiro atoms. The monoisotopic (exact) mass is 202 g/mol. The minimum atomic E-state index is 0.526. The fourth-order valence-electron chi connectivity index (χ4n) is 1.23. The van der Waals surface area contributed by atoms with Crippen LogP contribution in [0.5, 0.6) is 11.5 Å². The van der Waals surface area contributed by atoms with Crippen LogP contribution in [0.1, 0.15) is 16.1 Å². The summed E-state index contributed by atoms with van der Waals surface area (Å²) >= 11 is 0. The van der Waals surface area contributed by atoms with Crippen LogP contribution in [-0.2, 0) is 0 Å². The van der Waals surface area contributed by atoms with Crippen LogP contribution in [0.2, 0.25) is 0 Å². The molecule has 1 aromatic heterocycles. The minimum absolute atomic E-state index is 0.526. The summed E-state index contributed by atoms with van der Waals surface area (Å²) in [6, 6.07) is 7.06. The molecule has 1 heterocycles. The molecule has 0 aliphatic rings. The number of aryl methyl sites for hydroxylation is 1. The summed E-state index contributed by atoms with van der Waals surface area (Å²) in [7, 11) is 0. The topological polar surface area (TPSA) is 55.0 Å². The molecule has 1 N–H and O–H groups in total. The van der Waals surface area contributed by atoms with Crippen LogP contribution in [0.15, 0.2) is 30.5 Å². The molecular formula is C11H10N2O2. The van der Waals surface area contributed by atoms with Gasteiger partial charge in [-0.2, -0.15) is 5.10 Å². The second kappa shape index (κ2) is 3.96. The molecule has 2 aromatic rings. The van der Waals surface area contributed by atoms with E-state index in [-0.39, 0.29) is 0 Å². The Morgan fingerprint density at radius 2 is 2.13 bits per heavy atom. The van der Waals surface area contributed by atoms with E-state index in [1.807, 2.05) is 13.0 Å². The third-order valence-corrected chi connectivity index (χ3v) is 2.05. The Hall–Kier alpha value is -2.10. The van der Waals surface area contributed by atoms with Gasteiger partial charge in [-0.05, 0) is 19.1 Å². The van der Waals surface area contributed by atoms with E-state index < -0.39 is 0 Å². The molecule has 0 bridgehead atoms. The third kappa shape index (κ3) is 1.88. The first-order valence-electron chi connectivity index (χ1n) is 4.53. The average Bonchev–Trinajstić information content (AvgIpc) is 2.65. The third-order valence-electron chi connectivity index (χ3n) is 2.05. The number of carbonyl (C=O) groups is 1. The number of aromatic amines is 1. The lowest BCUT2D eigenvalue weighted by atomic mass is 10.2. The number of para-hydroxylation sites is 1. The van der Waals surface area contributed by atoms with Gasteiger partial charge in [0.15, 0.2) is 12.0 Å². The van der Waals surface area contributed by atoms with Gasteiger partial charge in [-0.3, -0.25) is 9.89 Å². The van der Waals surface area contributed by atoms with Crippen molar-refractivity contribution in [2.24, 2.45) is 0 Å². The van der Waals surface area contributed by atoms with Crippen molar-refractivity contribution in [2.75, 3.05) is 0 Å². The summed E-state index contributed by atoms with van der Waals surface area (Å²) in [5.41, 5.74) is 1.36. The summed E-state index contributed by atoms with van der Waals surface area (Å²) in [6.07, 6.45) is 2.35. The maximum atomic E-state index is 10.7. The molecule has 0 unspecified atom stereocenters. The van der Waals surface area contributed by atoms with E-state index in [1.165, 1.54) is 0 Å². The summed E-state index contributed by atoms with van der Waals surface area (Å²) in [4.78, 5) is 10.7. The molecule has 4 nitrogen and oxygen atoms in total. The van der Waals surface area contributed by atoms with Crippen molar-refractivity contribution in [3.63, 3.8) is 0 Å². The molecule has 0 fully saturated rings. The van der Waals surface area contributed by atoms with Crippen LogP contribution in [0.25, 0.3) is 0 Å². The van der Waals surface area contributed by atoms with Crippen LogP contribution in [-0.4, -0.2) is 16.5 Å². The fraction of sp³-hybridized carbons (Fsp3) is 0.0909. The number of nitrogens with one attached hydrogen (secondary N) is 1. The molecule has 15 heavy (non-hydrogen) atoms. The van der Waals surface area contributed by atoms with E-state index in [2.05, 4.69) is 10.2 Å². The van der Waals surface area contributed by atoms with Crippen molar-refractivity contribution >= 4 is 6.29 Å². The molecule has 0 saturated carbocycles. The second-order valence-electron chi connectivity index (χ2n) is 3.12. The Morgan fingerprint density at radius 1 is 1.33 bits per heavy atom. The zero-order chi connectivity index (χ0) is 10.7. The van der Waals surface area contributed by atoms with Crippen molar-refractivity contribution in [2.45, 2.75) is 6.92 Å². The van der Waals surface area contributed by atoms with Crippen molar-refractivity contribution in [1.82, 2.24) is 10.2 Å². The molecule has 0 saturated heterocycles. The first-order chi connectivity index (χ1) is 7.31. The number of nitrogens with zero attached hydrogens (tertiary/aromatic N) is 1. The average molecular weight is 202 g/mol. The largest absolute Gasteiger partial charge is 0.453 e. The van der Waals surface area contributed by atoms with Gasteiger partial charge < -0.3 is 4.74 Å². The Labute approximate surface area is 86.9 Å². The van der Waals surface area contributed by atoms with Crippen LogP contribution >= 0.6 is 0 Å². The van der Waals surface area contributed by atoms with Crippen LogP contribution in [0.4, 0.5) is 0 Å². The Bertz CT molecular complexity index is 477. The van der Waals surface area contributed by atoms with Gasteiger partial charge in [0.1, 0.15) is 5.75 Å². The maximum Gasteiger partial charge on any atom is 0.167 e. The number of aromatic nitrogens is 2. The van der Waals surface area contributed by atoms with Gasteiger partial charge in [-0.15, -0.1) is 0 Å². The summed E-state index contributed by atoms with van der Waals surface area (Å²) in [5.74, 6) is 1.17. The number of carbonyl (C=O) groups excluding carboxylic acids is 1. The molecule has 4 heteroatoms. The number of rotatable bonds is 3. The highest BCUT2D eigenvalue weighted by molar-refractivity contribution is 5.79. The molecule has 0 aliphatic carbocycles. The molecule has 0 radical (unpaired) electrons. The number of H-pyrrole nitrogens is 1. The van der Waals surface area contributed by atoms with Crippen molar-refractivity contribution in [3.8, 4) is 11.5 Å². The minimum Gasteiger partial charge on any atom is -0.453 e. The zero-order valence-corrected chi connectivity index (χ0v) is 8.23. The van der Waals surface area contributed by atoms with Crippen LogP contribution < -0.4 is 4.74 Å². The van der Waals surface area contributed by atoms with Gasteiger partial charge in [0.25, 0.3) is 0 Å². The SMILES string of the molecule is Cc1[nH]ncc1Oc1ccccc1C=O. The Morgan fingerprint density at radius 3 is 2.80 bits per heavy atom. The lowest BCUT2D eigenvalue weighted by molar-refractivity contribution is 0.112. The molecular weight excluding hydrogens is 192 g/mol. The summed E-state index contributed by atoms with van der Waals surface area (Å²) in [6.45, 7) is 1.85. The van der Waals surface area contributed by atoms with Gasteiger partial charge in [-0.1, -0.05) is 12.1 Å². The predicted octanol–water partition coefficient (Wildman–Crippen LogP) is 2.32. The first-order valence-corrected chi connectivity index (χ1v) is 4.53. The first kappa shape index (κ1) is 9.45. The normalized spacial score (nSPS) is 9.93. The second-order valence-corrected chi connectivity index (χ2v) is 3.12. The van der Waals surface area contributed by atoms with Crippen molar-refractivity contribution < 1.29 is 9.53 Å². The smallest absolute Gasteiger partial charge is 0.167 e. The number of ether oxygens (including phenoxy) is 1. The van der Waals surface area contributed by atoms with E-state index in [0.717, 1.165) is 12.0 Å². The predicted molar refractivity (Wildman–Crippen MR) is 55.2 cm³/mol. The molecule has 0 aliphatic heterocycles. The molecule has 76 valence electrons. The highest BCUT2D eigenvalue weighted by atomic mass is 16.5. The van der Waals surface area contributed by atoms with Crippen molar-refractivity contribution in [3.05, 3.63) is 41.7 Å². The molecule has 1 aromatic carbocycles. The van der Waals surface area contributed by atoms with E-state index in [0.29, 0.717) is 17.1 Å². The number of hydrogen-bond acceptors (Lipinski definition) is 3. The van der Waals surface area contributed by atoms with Gasteiger partial charge in [0.2, 0.25) is 0 Å². The van der Waals surface area contributed by atoms with E-state index in [1.54, 1.807) is 24.4 Å². The van der Waals surface area contributed by atoms with Crippen molar-refractivity contribution in [1.29, 1.82) is 0 Å². The summed E-state index contributed by atoms with van der Waals surface area (Å²) < 4.78 is 5.55. The maximum absolute atomic E-state index is 10.7. The Balaban J connectivity index is 2.32. The molecule has 0 amide bonds. The van der Waals surface area contributed by atoms with Crippen LogP contribution in [0.3, 0.4) is 0 Å². The quantitative estimate of drug-likeness (QED) is 0.777. The molecule has 0 atom stereocenters. The van der Waals surface area contributed by atoms with E-state index >= 15 is 0 Å². The van der Waals surface area contributed by atoms with Gasteiger partial charge in [-0.25, -0.2) is 0 Å². The fourth-order valence-corrected chi connectivity index (χ4v) is 1.23. The van der Waals surface area contributed by atoms with Gasteiger partial charge in [0, 0.05) is 0 Å². The number of aldehydes is 1. The zero-order valence-electron chi connectivity index (χ0n) is 8.23. The van der Waals surface area contributed by atoms with Crippen LogP contribution in [0, 0.1) is 6.92 Å². The number of hydrogen-bond donors (Lipinski definition) is 1. The highest BCUT2D eigenvalue weighted by Crippen LogP contribution is 2.25.